The van der Waals surface area contributed by atoms with Gasteiger partial charge in [0.1, 0.15) is 0 Å². The maximum atomic E-state index is 11.7. The lowest BCUT2D eigenvalue weighted by molar-refractivity contribution is -0.137. The van der Waals surface area contributed by atoms with E-state index in [4.69, 9.17) is 10.5 Å². The van der Waals surface area contributed by atoms with Gasteiger partial charge in [0.2, 0.25) is 5.91 Å². The average molecular weight is 263 g/mol. The Bertz CT molecular complexity index is 427. The Morgan fingerprint density at radius 3 is 2.95 bits per heavy atom. The molecule has 0 aromatic carbocycles. The lowest BCUT2D eigenvalue weighted by Crippen LogP contribution is -2.35. The zero-order valence-corrected chi connectivity index (χ0v) is 11.2. The molecule has 4 nitrogen and oxygen atoms in total. The number of carbonyl (C=O) groups is 2. The number of esters is 1. The zero-order valence-electron chi connectivity index (χ0n) is 11.2. The Labute approximate surface area is 113 Å². The fraction of sp³-hybridized carbons (Fsp3) is 0.600. The quantitative estimate of drug-likeness (QED) is 0.331. The van der Waals surface area contributed by atoms with Crippen molar-refractivity contribution in [2.75, 3.05) is 6.61 Å². The van der Waals surface area contributed by atoms with E-state index in [1.165, 1.54) is 11.6 Å². The Morgan fingerprint density at radius 2 is 2.32 bits per heavy atom. The summed E-state index contributed by atoms with van der Waals surface area (Å²) in [5.41, 5.74) is 6.44. The average Bonchev–Trinajstić information content (AvgIpc) is 2.97. The molecule has 2 aliphatic rings. The molecule has 4 heteroatoms. The van der Waals surface area contributed by atoms with Crippen LogP contribution in [0.25, 0.3) is 0 Å². The Kier molecular flexibility index (Phi) is 4.08. The molecule has 0 aliphatic heterocycles. The topological polar surface area (TPSA) is 69.4 Å². The Morgan fingerprint density at radius 1 is 1.53 bits per heavy atom. The van der Waals surface area contributed by atoms with E-state index in [-0.39, 0.29) is 17.3 Å². The maximum Gasteiger partial charge on any atom is 0.330 e. The van der Waals surface area contributed by atoms with Crippen LogP contribution in [0.1, 0.15) is 38.5 Å². The van der Waals surface area contributed by atoms with Crippen molar-refractivity contribution in [1.29, 1.82) is 0 Å². The molecule has 1 fully saturated rings. The molecule has 2 aliphatic carbocycles. The number of hydrogen-bond donors (Lipinski definition) is 1. The second kappa shape index (κ2) is 5.59. The second-order valence-electron chi connectivity index (χ2n) is 5.47. The largest absolute Gasteiger partial charge is 0.463 e. The maximum absolute atomic E-state index is 11.7. The molecule has 2 atom stereocenters. The third-order valence-electron chi connectivity index (χ3n) is 4.33. The molecule has 2 rings (SSSR count). The molecule has 0 aromatic heterocycles. The molecular formula is C15H21NO3. The highest BCUT2D eigenvalue weighted by molar-refractivity contribution is 5.85. The van der Waals surface area contributed by atoms with Gasteiger partial charge in [-0.1, -0.05) is 18.2 Å². The summed E-state index contributed by atoms with van der Waals surface area (Å²) in [6, 6.07) is 0. The van der Waals surface area contributed by atoms with Gasteiger partial charge in [-0.05, 0) is 44.4 Å². The van der Waals surface area contributed by atoms with Crippen molar-refractivity contribution >= 4 is 11.9 Å². The molecule has 2 N–H and O–H groups in total. The highest BCUT2D eigenvalue weighted by Crippen LogP contribution is 2.54. The number of amides is 1. The summed E-state index contributed by atoms with van der Waals surface area (Å²) in [5, 5.41) is 0. The molecule has 0 spiro atoms. The van der Waals surface area contributed by atoms with Crippen LogP contribution < -0.4 is 5.73 Å². The molecule has 104 valence electrons. The molecular weight excluding hydrogens is 242 g/mol. The monoisotopic (exact) mass is 263 g/mol. The smallest absolute Gasteiger partial charge is 0.330 e. The summed E-state index contributed by atoms with van der Waals surface area (Å²) in [7, 11) is 0. The first kappa shape index (κ1) is 13.8. The van der Waals surface area contributed by atoms with E-state index < -0.39 is 0 Å². The fourth-order valence-corrected chi connectivity index (χ4v) is 3.32. The lowest BCUT2D eigenvalue weighted by Gasteiger charge is -2.26. The van der Waals surface area contributed by atoms with E-state index in [9.17, 15) is 9.59 Å². The molecule has 19 heavy (non-hydrogen) atoms. The van der Waals surface area contributed by atoms with Crippen LogP contribution in [0.15, 0.2) is 24.3 Å². The van der Waals surface area contributed by atoms with Crippen LogP contribution in [0, 0.1) is 11.3 Å². The number of nitrogens with two attached hydrogens (primary N) is 1. The third-order valence-corrected chi connectivity index (χ3v) is 4.33. The van der Waals surface area contributed by atoms with Gasteiger partial charge in [0.05, 0.1) is 12.0 Å². The van der Waals surface area contributed by atoms with Crippen LogP contribution in [0.5, 0.6) is 0 Å². The molecule has 0 heterocycles. The molecule has 0 aromatic rings. The van der Waals surface area contributed by atoms with E-state index in [1.807, 2.05) is 0 Å². The van der Waals surface area contributed by atoms with Crippen molar-refractivity contribution < 1.29 is 14.3 Å². The van der Waals surface area contributed by atoms with Gasteiger partial charge < -0.3 is 10.5 Å². The number of primary amides is 1. The highest BCUT2D eigenvalue weighted by atomic mass is 16.5. The normalized spacial score (nSPS) is 28.0. The van der Waals surface area contributed by atoms with E-state index in [0.717, 1.165) is 38.5 Å². The minimum atomic E-state index is -0.382. The van der Waals surface area contributed by atoms with Crippen LogP contribution in [0.3, 0.4) is 0 Å². The van der Waals surface area contributed by atoms with Gasteiger partial charge in [0.25, 0.3) is 0 Å². The minimum Gasteiger partial charge on any atom is -0.463 e. The number of hydrogen-bond acceptors (Lipinski definition) is 3. The number of fused-ring (bicyclic) bond motifs is 2. The van der Waals surface area contributed by atoms with Gasteiger partial charge in [0, 0.05) is 6.08 Å². The molecule has 1 amide bonds. The van der Waals surface area contributed by atoms with Crippen LogP contribution in [0.4, 0.5) is 0 Å². The van der Waals surface area contributed by atoms with Gasteiger partial charge >= 0.3 is 5.97 Å². The minimum absolute atomic E-state index is 0.170. The van der Waals surface area contributed by atoms with Gasteiger partial charge in [-0.2, -0.15) is 0 Å². The van der Waals surface area contributed by atoms with Crippen molar-refractivity contribution in [2.45, 2.75) is 38.5 Å². The number of allylic oxidation sites excluding steroid dienone is 1. The predicted octanol–water partition coefficient (Wildman–Crippen LogP) is 2.10. The van der Waals surface area contributed by atoms with E-state index in [0.29, 0.717) is 12.5 Å². The SMILES string of the molecule is C=CC(=O)OCCCCC1=CC2CCC1(C(N)=O)C2. The number of carbonyl (C=O) groups excluding carboxylic acids is 2. The molecule has 0 saturated heterocycles. The summed E-state index contributed by atoms with van der Waals surface area (Å²) < 4.78 is 4.92. The number of rotatable bonds is 7. The van der Waals surface area contributed by atoms with Crippen molar-refractivity contribution in [3.05, 3.63) is 24.3 Å². The predicted molar refractivity (Wildman–Crippen MR) is 72.1 cm³/mol. The summed E-state index contributed by atoms with van der Waals surface area (Å²) in [5.74, 6) is -0.00864. The fourth-order valence-electron chi connectivity index (χ4n) is 3.32. The molecule has 2 unspecified atom stereocenters. The van der Waals surface area contributed by atoms with E-state index >= 15 is 0 Å². The number of unbranched alkanes of at least 4 members (excludes halogenated alkanes) is 1. The summed E-state index contributed by atoms with van der Waals surface area (Å²) in [6.45, 7) is 3.75. The van der Waals surface area contributed by atoms with E-state index in [2.05, 4.69) is 12.7 Å². The van der Waals surface area contributed by atoms with Gasteiger partial charge in [-0.3, -0.25) is 4.79 Å². The molecule has 2 bridgehead atoms. The van der Waals surface area contributed by atoms with Crippen molar-refractivity contribution in [3.8, 4) is 0 Å². The Hall–Kier alpha value is -1.58. The first-order valence-electron chi connectivity index (χ1n) is 6.89. The lowest BCUT2D eigenvalue weighted by atomic mass is 9.77. The zero-order chi connectivity index (χ0) is 13.9. The first-order valence-corrected chi connectivity index (χ1v) is 6.89. The summed E-state index contributed by atoms with van der Waals surface area (Å²) in [4.78, 5) is 22.6. The van der Waals surface area contributed by atoms with Crippen molar-refractivity contribution in [3.63, 3.8) is 0 Å². The number of ether oxygens (including phenoxy) is 1. The second-order valence-corrected chi connectivity index (χ2v) is 5.47. The highest BCUT2D eigenvalue weighted by Gasteiger charge is 2.50. The van der Waals surface area contributed by atoms with Crippen LogP contribution in [-0.4, -0.2) is 18.5 Å². The standard InChI is InChI=1S/C15H21NO3/c1-2-13(17)19-8-4-3-5-12-9-11-6-7-15(12,10-11)14(16)18/h2,9,11H,1,3-8,10H2,(H2,16,18). The molecule has 0 radical (unpaired) electrons. The Balaban J connectivity index is 1.77. The van der Waals surface area contributed by atoms with Crippen LogP contribution in [-0.2, 0) is 14.3 Å². The van der Waals surface area contributed by atoms with Gasteiger partial charge in [0.15, 0.2) is 0 Å². The summed E-state index contributed by atoms with van der Waals surface area (Å²) in [6.07, 6.45) is 8.90. The van der Waals surface area contributed by atoms with Crippen LogP contribution >= 0.6 is 0 Å². The third kappa shape index (κ3) is 2.72. The van der Waals surface area contributed by atoms with Crippen molar-refractivity contribution in [1.82, 2.24) is 0 Å². The van der Waals surface area contributed by atoms with Crippen LogP contribution in [0.2, 0.25) is 0 Å². The first-order chi connectivity index (χ1) is 9.08. The van der Waals surface area contributed by atoms with Crippen molar-refractivity contribution in [2.24, 2.45) is 17.1 Å². The summed E-state index contributed by atoms with van der Waals surface area (Å²) >= 11 is 0. The molecule has 1 saturated carbocycles. The van der Waals surface area contributed by atoms with Gasteiger partial charge in [-0.15, -0.1) is 0 Å². The van der Waals surface area contributed by atoms with E-state index in [1.54, 1.807) is 0 Å². The van der Waals surface area contributed by atoms with Gasteiger partial charge in [-0.25, -0.2) is 4.79 Å².